The predicted octanol–water partition coefficient (Wildman–Crippen LogP) is 6.94. The average Bonchev–Trinajstić information content (AvgIpc) is 2.89. The van der Waals surface area contributed by atoms with E-state index in [9.17, 15) is 0 Å². The molecule has 0 spiro atoms. The van der Waals surface area contributed by atoms with Gasteiger partial charge in [0.2, 0.25) is 0 Å². The third-order valence-corrected chi connectivity index (χ3v) is 7.59. The first-order valence-corrected chi connectivity index (χ1v) is 13.5. The van der Waals surface area contributed by atoms with E-state index < -0.39 is 0 Å². The molecule has 34 heavy (non-hydrogen) atoms. The summed E-state index contributed by atoms with van der Waals surface area (Å²) in [6.45, 7) is 4.24. The Balaban J connectivity index is 0.000000148. The number of hydrogen-bond donors (Lipinski definition) is 0. The molecule has 0 atom stereocenters. The van der Waals surface area contributed by atoms with Gasteiger partial charge in [-0.05, 0) is 46.2 Å². The fourth-order valence-electron chi connectivity index (χ4n) is 3.08. The number of aryl methyl sites for hydroxylation is 2. The number of benzene rings is 5. The minimum absolute atomic E-state index is 0.777. The minimum Gasteiger partial charge on any atom is -0.0622 e. The van der Waals surface area contributed by atoms with E-state index in [4.69, 9.17) is 0 Å². The molecule has 5 aromatic rings. The molecule has 0 fully saturated rings. The molecule has 0 radical (unpaired) electrons. The van der Waals surface area contributed by atoms with Crippen LogP contribution in [0.4, 0.5) is 0 Å². The highest BCUT2D eigenvalue weighted by molar-refractivity contribution is 7.55. The Morgan fingerprint density at radius 2 is 0.500 bits per heavy atom. The zero-order chi connectivity index (χ0) is 23.8. The lowest BCUT2D eigenvalue weighted by molar-refractivity contribution is 1.34. The lowest BCUT2D eigenvalue weighted by Crippen LogP contribution is -2.01. The topological polar surface area (TPSA) is 0 Å². The van der Waals surface area contributed by atoms with Crippen LogP contribution in [0.5, 0.6) is 0 Å². The standard InChI is InChI=1S/2C12H11P.C8H10/c2*1-3-7-11(8-4-1)13-12-9-5-2-6-10-12;1-7-5-3-4-6-8(7)2/h2*1-10,13H;3-6H,1-2H3. The minimum atomic E-state index is 0.777. The van der Waals surface area contributed by atoms with Crippen LogP contribution in [-0.2, 0) is 0 Å². The highest BCUT2D eigenvalue weighted by Gasteiger charge is 1.93. The van der Waals surface area contributed by atoms with Crippen LogP contribution in [0.3, 0.4) is 0 Å². The summed E-state index contributed by atoms with van der Waals surface area (Å²) in [6.07, 6.45) is 0. The van der Waals surface area contributed by atoms with Crippen LogP contribution < -0.4 is 21.2 Å². The van der Waals surface area contributed by atoms with Gasteiger partial charge >= 0.3 is 0 Å². The quantitative estimate of drug-likeness (QED) is 0.246. The highest BCUT2D eigenvalue weighted by Crippen LogP contribution is 2.09. The van der Waals surface area contributed by atoms with Gasteiger partial charge in [0.1, 0.15) is 0 Å². The third-order valence-electron chi connectivity index (χ3n) is 5.10. The van der Waals surface area contributed by atoms with Gasteiger partial charge in [-0.3, -0.25) is 0 Å². The van der Waals surface area contributed by atoms with Crippen LogP contribution in [0.2, 0.25) is 0 Å². The van der Waals surface area contributed by atoms with E-state index in [0.717, 1.165) is 17.2 Å². The SMILES string of the molecule is Cc1ccccc1C.c1ccc(Pc2ccccc2)cc1.c1ccc(Pc2ccccc2)cc1. The molecule has 0 aliphatic heterocycles. The summed E-state index contributed by atoms with van der Waals surface area (Å²) >= 11 is 0. The summed E-state index contributed by atoms with van der Waals surface area (Å²) in [5, 5.41) is 5.59. The largest absolute Gasteiger partial charge is 0.0622 e. The van der Waals surface area contributed by atoms with Crippen LogP contribution in [0, 0.1) is 13.8 Å². The van der Waals surface area contributed by atoms with Gasteiger partial charge in [-0.2, -0.15) is 0 Å². The van der Waals surface area contributed by atoms with Crippen molar-refractivity contribution in [3.05, 3.63) is 157 Å². The summed E-state index contributed by atoms with van der Waals surface area (Å²) in [5.74, 6) is 0. The fraction of sp³-hybridized carbons (Fsp3) is 0.0625. The van der Waals surface area contributed by atoms with Crippen molar-refractivity contribution in [1.82, 2.24) is 0 Å². The molecule has 5 rings (SSSR count). The molecule has 2 heteroatoms. The first kappa shape index (κ1) is 25.6. The Morgan fingerprint density at radius 3 is 0.706 bits per heavy atom. The molecule has 0 unspecified atom stereocenters. The van der Waals surface area contributed by atoms with E-state index >= 15 is 0 Å². The van der Waals surface area contributed by atoms with Crippen molar-refractivity contribution in [2.75, 3.05) is 0 Å². The van der Waals surface area contributed by atoms with E-state index in [1.54, 1.807) is 0 Å². The first-order chi connectivity index (χ1) is 16.7. The highest BCUT2D eigenvalue weighted by atomic mass is 31.1. The van der Waals surface area contributed by atoms with Gasteiger partial charge < -0.3 is 0 Å². The lowest BCUT2D eigenvalue weighted by Gasteiger charge is -2.00. The first-order valence-electron chi connectivity index (χ1n) is 11.5. The second-order valence-electron chi connectivity index (χ2n) is 7.80. The van der Waals surface area contributed by atoms with Gasteiger partial charge in [-0.15, -0.1) is 0 Å². The summed E-state index contributed by atoms with van der Waals surface area (Å²) in [4.78, 5) is 0. The van der Waals surface area contributed by atoms with Crippen molar-refractivity contribution in [1.29, 1.82) is 0 Å². The van der Waals surface area contributed by atoms with Gasteiger partial charge in [0.05, 0.1) is 0 Å². The molecule has 170 valence electrons. The monoisotopic (exact) mass is 478 g/mol. The Labute approximate surface area is 208 Å². The molecule has 0 heterocycles. The maximum Gasteiger partial charge on any atom is -0.0226 e. The van der Waals surface area contributed by atoms with Crippen LogP contribution >= 0.6 is 17.2 Å². The molecule has 0 aliphatic carbocycles. The molecule has 0 saturated carbocycles. The molecule has 0 saturated heterocycles. The van der Waals surface area contributed by atoms with Gasteiger partial charge in [0, 0.05) is 0 Å². The van der Waals surface area contributed by atoms with Gasteiger partial charge in [-0.1, -0.05) is 163 Å². The maximum absolute atomic E-state index is 2.17. The zero-order valence-electron chi connectivity index (χ0n) is 19.9. The molecular formula is C32H32P2. The second-order valence-corrected chi connectivity index (χ2v) is 10.6. The number of hydrogen-bond acceptors (Lipinski definition) is 0. The van der Waals surface area contributed by atoms with Crippen LogP contribution in [0.25, 0.3) is 0 Å². The average molecular weight is 479 g/mol. The van der Waals surface area contributed by atoms with Crippen LogP contribution in [0.15, 0.2) is 146 Å². The Morgan fingerprint density at radius 1 is 0.294 bits per heavy atom. The molecule has 5 aromatic carbocycles. The van der Waals surface area contributed by atoms with Gasteiger partial charge in [0.25, 0.3) is 0 Å². The summed E-state index contributed by atoms with van der Waals surface area (Å²) in [7, 11) is 1.55. The normalized spacial score (nSPS) is 9.71. The fourth-order valence-corrected chi connectivity index (χ4v) is 5.19. The Kier molecular flexibility index (Phi) is 11.3. The lowest BCUT2D eigenvalue weighted by atomic mass is 10.1. The van der Waals surface area contributed by atoms with Crippen molar-refractivity contribution >= 4 is 38.4 Å². The van der Waals surface area contributed by atoms with Gasteiger partial charge in [-0.25, -0.2) is 0 Å². The van der Waals surface area contributed by atoms with Crippen molar-refractivity contribution in [2.24, 2.45) is 0 Å². The third kappa shape index (κ3) is 9.84. The van der Waals surface area contributed by atoms with Gasteiger partial charge in [0.15, 0.2) is 0 Å². The summed E-state index contributed by atoms with van der Waals surface area (Å²) < 4.78 is 0. The molecule has 0 aliphatic rings. The number of rotatable bonds is 4. The maximum atomic E-state index is 2.17. The van der Waals surface area contributed by atoms with Crippen LogP contribution in [-0.4, -0.2) is 0 Å². The van der Waals surface area contributed by atoms with Crippen LogP contribution in [0.1, 0.15) is 11.1 Å². The Hall–Kier alpha value is -3.04. The van der Waals surface area contributed by atoms with Crippen molar-refractivity contribution < 1.29 is 0 Å². The Bertz CT molecular complexity index is 1020. The summed E-state index contributed by atoms with van der Waals surface area (Å²) in [5.41, 5.74) is 2.74. The van der Waals surface area contributed by atoms with E-state index in [0.29, 0.717) is 0 Å². The second kappa shape index (κ2) is 15.0. The van der Waals surface area contributed by atoms with Crippen molar-refractivity contribution in [3.63, 3.8) is 0 Å². The van der Waals surface area contributed by atoms with Crippen molar-refractivity contribution in [3.8, 4) is 0 Å². The molecule has 0 nitrogen and oxygen atoms in total. The molecule has 0 aromatic heterocycles. The summed E-state index contributed by atoms with van der Waals surface area (Å²) in [6, 6.07) is 50.7. The molecule has 0 bridgehead atoms. The molecule has 0 N–H and O–H groups in total. The van der Waals surface area contributed by atoms with Crippen molar-refractivity contribution in [2.45, 2.75) is 13.8 Å². The molecule has 0 amide bonds. The smallest absolute Gasteiger partial charge is 0.0226 e. The predicted molar refractivity (Wildman–Crippen MR) is 157 cm³/mol. The molecular weight excluding hydrogens is 446 g/mol. The van der Waals surface area contributed by atoms with E-state index in [-0.39, 0.29) is 0 Å². The zero-order valence-corrected chi connectivity index (χ0v) is 21.9. The van der Waals surface area contributed by atoms with E-state index in [1.807, 2.05) is 0 Å². The van der Waals surface area contributed by atoms with E-state index in [2.05, 4.69) is 159 Å². The van der Waals surface area contributed by atoms with E-state index in [1.165, 1.54) is 32.3 Å².